The average molecular weight is 283 g/mol. The maximum atomic E-state index is 4.27. The number of aromatic amines is 1. The SMILES string of the molecule is CC(NCc1cc(-c2ccccc2)cs1)c1ncc[nH]1. The van der Waals surface area contributed by atoms with Crippen molar-refractivity contribution in [1.29, 1.82) is 0 Å². The molecule has 0 saturated carbocycles. The van der Waals surface area contributed by atoms with Gasteiger partial charge in [0.15, 0.2) is 0 Å². The predicted molar refractivity (Wildman–Crippen MR) is 83.6 cm³/mol. The van der Waals surface area contributed by atoms with E-state index in [4.69, 9.17) is 0 Å². The molecule has 0 radical (unpaired) electrons. The van der Waals surface area contributed by atoms with Gasteiger partial charge in [-0.3, -0.25) is 0 Å². The summed E-state index contributed by atoms with van der Waals surface area (Å²) in [6.45, 7) is 2.98. The number of imidazole rings is 1. The van der Waals surface area contributed by atoms with Crippen molar-refractivity contribution in [2.24, 2.45) is 0 Å². The Hall–Kier alpha value is -1.91. The van der Waals surface area contributed by atoms with Crippen LogP contribution in [0.25, 0.3) is 11.1 Å². The number of aromatic nitrogens is 2. The Morgan fingerprint density at radius 1 is 1.25 bits per heavy atom. The summed E-state index contributed by atoms with van der Waals surface area (Å²) in [6, 6.07) is 13.0. The van der Waals surface area contributed by atoms with Gasteiger partial charge in [0.25, 0.3) is 0 Å². The molecule has 0 aliphatic rings. The van der Waals surface area contributed by atoms with Crippen LogP contribution < -0.4 is 5.32 Å². The lowest BCUT2D eigenvalue weighted by Crippen LogP contribution is -2.18. The van der Waals surface area contributed by atoms with Crippen LogP contribution in [0.15, 0.2) is 54.2 Å². The largest absolute Gasteiger partial charge is 0.347 e. The highest BCUT2D eigenvalue weighted by atomic mass is 32.1. The second-order valence-corrected chi connectivity index (χ2v) is 5.74. The van der Waals surface area contributed by atoms with Crippen LogP contribution in [0.1, 0.15) is 23.7 Å². The van der Waals surface area contributed by atoms with E-state index in [2.05, 4.69) is 57.9 Å². The Kier molecular flexibility index (Phi) is 3.95. The fourth-order valence-corrected chi connectivity index (χ4v) is 2.96. The first kappa shape index (κ1) is 13.1. The highest BCUT2D eigenvalue weighted by molar-refractivity contribution is 7.10. The summed E-state index contributed by atoms with van der Waals surface area (Å²) in [5.41, 5.74) is 2.56. The minimum atomic E-state index is 0.229. The summed E-state index contributed by atoms with van der Waals surface area (Å²) in [5.74, 6) is 0.977. The number of hydrogen-bond acceptors (Lipinski definition) is 3. The van der Waals surface area contributed by atoms with Gasteiger partial charge >= 0.3 is 0 Å². The molecule has 2 aromatic heterocycles. The molecule has 0 aliphatic carbocycles. The Bertz CT molecular complexity index is 643. The third-order valence-electron chi connectivity index (χ3n) is 3.27. The molecule has 1 aromatic carbocycles. The van der Waals surface area contributed by atoms with E-state index in [1.54, 1.807) is 17.5 Å². The minimum absolute atomic E-state index is 0.229. The van der Waals surface area contributed by atoms with E-state index in [0.717, 1.165) is 12.4 Å². The zero-order chi connectivity index (χ0) is 13.8. The van der Waals surface area contributed by atoms with E-state index in [-0.39, 0.29) is 6.04 Å². The molecule has 3 rings (SSSR count). The summed E-state index contributed by atoms with van der Waals surface area (Å²) in [5, 5.41) is 5.69. The zero-order valence-corrected chi connectivity index (χ0v) is 12.2. The fraction of sp³-hybridized carbons (Fsp3) is 0.188. The molecule has 0 fully saturated rings. The molecule has 4 heteroatoms. The Morgan fingerprint density at radius 2 is 2.10 bits per heavy atom. The Balaban J connectivity index is 1.63. The van der Waals surface area contributed by atoms with Gasteiger partial charge in [0.1, 0.15) is 5.82 Å². The molecule has 0 bridgehead atoms. The third kappa shape index (κ3) is 2.98. The molecule has 0 saturated heterocycles. The first-order valence-electron chi connectivity index (χ1n) is 6.68. The van der Waals surface area contributed by atoms with Gasteiger partial charge in [0, 0.05) is 23.8 Å². The van der Waals surface area contributed by atoms with Gasteiger partial charge in [-0.15, -0.1) is 11.3 Å². The number of nitrogens with zero attached hydrogens (tertiary/aromatic N) is 1. The van der Waals surface area contributed by atoms with Crippen LogP contribution in [0.3, 0.4) is 0 Å². The van der Waals surface area contributed by atoms with Crippen molar-refractivity contribution in [3.63, 3.8) is 0 Å². The highest BCUT2D eigenvalue weighted by Gasteiger charge is 2.08. The van der Waals surface area contributed by atoms with Gasteiger partial charge in [-0.2, -0.15) is 0 Å². The molecule has 3 aromatic rings. The van der Waals surface area contributed by atoms with Gasteiger partial charge < -0.3 is 10.3 Å². The van der Waals surface area contributed by atoms with Crippen molar-refractivity contribution in [3.8, 4) is 11.1 Å². The van der Waals surface area contributed by atoms with Crippen molar-refractivity contribution in [1.82, 2.24) is 15.3 Å². The second kappa shape index (κ2) is 6.03. The lowest BCUT2D eigenvalue weighted by Gasteiger charge is -2.09. The number of thiophene rings is 1. The Morgan fingerprint density at radius 3 is 2.85 bits per heavy atom. The van der Waals surface area contributed by atoms with E-state index in [1.807, 2.05) is 12.3 Å². The maximum Gasteiger partial charge on any atom is 0.122 e. The fourth-order valence-electron chi connectivity index (χ4n) is 2.12. The van der Waals surface area contributed by atoms with E-state index in [0.29, 0.717) is 0 Å². The molecule has 0 aliphatic heterocycles. The van der Waals surface area contributed by atoms with Crippen LogP contribution in [0, 0.1) is 0 Å². The second-order valence-electron chi connectivity index (χ2n) is 4.74. The van der Waals surface area contributed by atoms with Gasteiger partial charge in [0.05, 0.1) is 6.04 Å². The van der Waals surface area contributed by atoms with Crippen LogP contribution in [-0.4, -0.2) is 9.97 Å². The molecular formula is C16H17N3S. The van der Waals surface area contributed by atoms with Crippen molar-refractivity contribution in [2.75, 3.05) is 0 Å². The highest BCUT2D eigenvalue weighted by Crippen LogP contribution is 2.25. The van der Waals surface area contributed by atoms with Crippen LogP contribution in [-0.2, 0) is 6.54 Å². The number of hydrogen-bond donors (Lipinski definition) is 2. The van der Waals surface area contributed by atoms with Gasteiger partial charge in [-0.25, -0.2) is 4.98 Å². The standard InChI is InChI=1S/C16H17N3S/c1-12(16-17-7-8-18-16)19-10-15-9-14(11-20-15)13-5-3-2-4-6-13/h2-9,11-12,19H,10H2,1H3,(H,17,18). The lowest BCUT2D eigenvalue weighted by atomic mass is 10.1. The molecule has 1 unspecified atom stereocenters. The monoisotopic (exact) mass is 283 g/mol. The lowest BCUT2D eigenvalue weighted by molar-refractivity contribution is 0.554. The quantitative estimate of drug-likeness (QED) is 0.743. The molecule has 0 spiro atoms. The molecular weight excluding hydrogens is 266 g/mol. The molecule has 3 nitrogen and oxygen atoms in total. The van der Waals surface area contributed by atoms with Crippen LogP contribution in [0.4, 0.5) is 0 Å². The maximum absolute atomic E-state index is 4.27. The zero-order valence-electron chi connectivity index (χ0n) is 11.3. The van der Waals surface area contributed by atoms with E-state index < -0.39 is 0 Å². The first-order valence-corrected chi connectivity index (χ1v) is 7.56. The van der Waals surface area contributed by atoms with Crippen LogP contribution in [0.2, 0.25) is 0 Å². The average Bonchev–Trinajstić information content (AvgIpc) is 3.17. The normalized spacial score (nSPS) is 12.4. The van der Waals surface area contributed by atoms with Crippen LogP contribution in [0.5, 0.6) is 0 Å². The molecule has 1 atom stereocenters. The smallest absolute Gasteiger partial charge is 0.122 e. The van der Waals surface area contributed by atoms with Gasteiger partial charge in [-0.05, 0) is 29.5 Å². The number of benzene rings is 1. The summed E-state index contributed by atoms with van der Waals surface area (Å²) >= 11 is 1.79. The summed E-state index contributed by atoms with van der Waals surface area (Å²) in [7, 11) is 0. The first-order chi connectivity index (χ1) is 9.83. The minimum Gasteiger partial charge on any atom is -0.347 e. The summed E-state index contributed by atoms with van der Waals surface area (Å²) in [4.78, 5) is 8.74. The van der Waals surface area contributed by atoms with Gasteiger partial charge in [0.2, 0.25) is 0 Å². The van der Waals surface area contributed by atoms with Crippen molar-refractivity contribution in [3.05, 3.63) is 64.9 Å². The molecule has 102 valence electrons. The third-order valence-corrected chi connectivity index (χ3v) is 4.21. The van der Waals surface area contributed by atoms with Crippen molar-refractivity contribution in [2.45, 2.75) is 19.5 Å². The van der Waals surface area contributed by atoms with Crippen molar-refractivity contribution < 1.29 is 0 Å². The molecule has 2 heterocycles. The van der Waals surface area contributed by atoms with Gasteiger partial charge in [-0.1, -0.05) is 30.3 Å². The number of rotatable bonds is 5. The summed E-state index contributed by atoms with van der Waals surface area (Å²) < 4.78 is 0. The van der Waals surface area contributed by atoms with Crippen molar-refractivity contribution >= 4 is 11.3 Å². The predicted octanol–water partition coefficient (Wildman–Crippen LogP) is 3.99. The molecule has 0 amide bonds. The number of H-pyrrole nitrogens is 1. The van der Waals surface area contributed by atoms with E-state index in [1.165, 1.54) is 16.0 Å². The number of nitrogens with one attached hydrogen (secondary N) is 2. The topological polar surface area (TPSA) is 40.7 Å². The Labute approximate surface area is 122 Å². The molecule has 20 heavy (non-hydrogen) atoms. The van der Waals surface area contributed by atoms with E-state index >= 15 is 0 Å². The summed E-state index contributed by atoms with van der Waals surface area (Å²) in [6.07, 6.45) is 3.64. The van der Waals surface area contributed by atoms with E-state index in [9.17, 15) is 0 Å². The van der Waals surface area contributed by atoms with Crippen LogP contribution >= 0.6 is 11.3 Å². The molecule has 2 N–H and O–H groups in total.